The highest BCUT2D eigenvalue weighted by atomic mass is 16.5. The van der Waals surface area contributed by atoms with Crippen LogP contribution in [-0.4, -0.2) is 47.9 Å². The van der Waals surface area contributed by atoms with Crippen LogP contribution in [0.1, 0.15) is 54.9 Å². The lowest BCUT2D eigenvalue weighted by Crippen LogP contribution is -2.42. The third-order valence-electron chi connectivity index (χ3n) is 7.35. The van der Waals surface area contributed by atoms with Crippen LogP contribution >= 0.6 is 0 Å². The third-order valence-corrected chi connectivity index (χ3v) is 7.35. The number of rotatable bonds is 13. The van der Waals surface area contributed by atoms with Crippen molar-refractivity contribution in [1.82, 2.24) is 15.5 Å². The number of aliphatic hydroxyl groups is 1. The van der Waals surface area contributed by atoms with Crippen molar-refractivity contribution in [2.24, 2.45) is 0 Å². The summed E-state index contributed by atoms with van der Waals surface area (Å²) in [6, 6.07) is 27.0. The van der Waals surface area contributed by atoms with Gasteiger partial charge in [-0.3, -0.25) is 4.90 Å². The Morgan fingerprint density at radius 2 is 1.77 bits per heavy atom. The number of amides is 2. The van der Waals surface area contributed by atoms with Gasteiger partial charge in [0.1, 0.15) is 18.5 Å². The van der Waals surface area contributed by atoms with E-state index < -0.39 is 6.10 Å². The number of aryl methyl sites for hydroxylation is 1. The lowest BCUT2D eigenvalue weighted by atomic mass is 9.98. The number of aliphatic hydroxyl groups excluding tert-OH is 1. The van der Waals surface area contributed by atoms with Crippen molar-refractivity contribution >= 4 is 6.03 Å². The van der Waals surface area contributed by atoms with Crippen molar-refractivity contribution in [1.29, 1.82) is 0 Å². The van der Waals surface area contributed by atoms with E-state index in [9.17, 15) is 9.90 Å². The van der Waals surface area contributed by atoms with Crippen LogP contribution in [0.15, 0.2) is 78.9 Å². The molecule has 2 atom stereocenters. The number of unbranched alkanes of at least 4 members (excludes halogenated alkanes) is 1. The molecule has 1 aliphatic carbocycles. The van der Waals surface area contributed by atoms with Crippen molar-refractivity contribution in [3.63, 3.8) is 0 Å². The predicted octanol–water partition coefficient (Wildman–Crippen LogP) is 5.48. The van der Waals surface area contributed by atoms with Crippen LogP contribution in [0.2, 0.25) is 0 Å². The maximum Gasteiger partial charge on any atom is 0.315 e. The number of benzene rings is 3. The number of nitrogens with one attached hydrogen (secondary N) is 2. The molecule has 3 aromatic carbocycles. The summed E-state index contributed by atoms with van der Waals surface area (Å²) in [5.41, 5.74) is 5.09. The van der Waals surface area contributed by atoms with Crippen molar-refractivity contribution in [2.75, 3.05) is 19.7 Å². The average Bonchev–Trinajstić information content (AvgIpc) is 3.18. The minimum Gasteiger partial charge on any atom is -0.491 e. The Bertz CT molecular complexity index is 1140. The minimum absolute atomic E-state index is 0.114. The van der Waals surface area contributed by atoms with Gasteiger partial charge in [-0.05, 0) is 66.5 Å². The zero-order valence-electron chi connectivity index (χ0n) is 23.1. The molecule has 0 heterocycles. The number of ether oxygens (including phenoxy) is 1. The van der Waals surface area contributed by atoms with Crippen LogP contribution in [0.3, 0.4) is 0 Å². The first-order chi connectivity index (χ1) is 19.1. The van der Waals surface area contributed by atoms with E-state index in [4.69, 9.17) is 4.74 Å². The Balaban J connectivity index is 1.43. The number of nitrogens with zero attached hydrogens (tertiary/aromatic N) is 1. The Hall–Kier alpha value is -3.35. The minimum atomic E-state index is -0.599. The normalized spacial score (nSPS) is 15.7. The number of fused-ring (bicyclic) bond motifs is 1. The summed E-state index contributed by atoms with van der Waals surface area (Å²) in [5, 5.41) is 16.9. The molecule has 0 aliphatic heterocycles. The molecule has 2 unspecified atom stereocenters. The zero-order valence-corrected chi connectivity index (χ0v) is 23.1. The molecular weight excluding hydrogens is 486 g/mol. The fourth-order valence-corrected chi connectivity index (χ4v) is 5.24. The van der Waals surface area contributed by atoms with Crippen LogP contribution in [0.5, 0.6) is 5.75 Å². The highest BCUT2D eigenvalue weighted by Crippen LogP contribution is 2.26. The summed E-state index contributed by atoms with van der Waals surface area (Å²) in [4.78, 5) is 14.6. The number of hydrogen-bond acceptors (Lipinski definition) is 4. The van der Waals surface area contributed by atoms with Gasteiger partial charge in [0.25, 0.3) is 0 Å². The van der Waals surface area contributed by atoms with Gasteiger partial charge in [-0.2, -0.15) is 0 Å². The van der Waals surface area contributed by atoms with Gasteiger partial charge in [-0.25, -0.2) is 4.79 Å². The highest BCUT2D eigenvalue weighted by molar-refractivity contribution is 5.73. The molecule has 1 aliphatic rings. The lowest BCUT2D eigenvalue weighted by molar-refractivity contribution is 0.0463. The van der Waals surface area contributed by atoms with Crippen LogP contribution in [0.25, 0.3) is 0 Å². The van der Waals surface area contributed by atoms with Crippen molar-refractivity contribution < 1.29 is 14.6 Å². The summed E-state index contributed by atoms with van der Waals surface area (Å²) in [6.45, 7) is 4.91. The second kappa shape index (κ2) is 15.3. The molecule has 0 radical (unpaired) electrons. The molecule has 0 aromatic heterocycles. The van der Waals surface area contributed by atoms with E-state index >= 15 is 0 Å². The fraction of sp³-hybridized carbons (Fsp3) is 0.424. The van der Waals surface area contributed by atoms with E-state index in [0.29, 0.717) is 25.7 Å². The molecule has 6 heteroatoms. The molecule has 0 spiro atoms. The van der Waals surface area contributed by atoms with Crippen LogP contribution in [-0.2, 0) is 25.9 Å². The number of carbonyl (C=O) groups excluding carboxylic acids is 1. The van der Waals surface area contributed by atoms with Gasteiger partial charge in [0.15, 0.2) is 0 Å². The van der Waals surface area contributed by atoms with Gasteiger partial charge in [-0.15, -0.1) is 0 Å². The van der Waals surface area contributed by atoms with Gasteiger partial charge in [0, 0.05) is 32.2 Å². The molecule has 0 bridgehead atoms. The van der Waals surface area contributed by atoms with Gasteiger partial charge in [0.05, 0.1) is 0 Å². The molecule has 4 rings (SSSR count). The second-order valence-corrected chi connectivity index (χ2v) is 10.5. The van der Waals surface area contributed by atoms with E-state index in [1.165, 1.54) is 16.7 Å². The summed E-state index contributed by atoms with van der Waals surface area (Å²) in [7, 11) is 0. The lowest BCUT2D eigenvalue weighted by Gasteiger charge is -2.33. The summed E-state index contributed by atoms with van der Waals surface area (Å²) >= 11 is 0. The maximum absolute atomic E-state index is 12.1. The molecule has 3 N–H and O–H groups in total. The molecule has 6 nitrogen and oxygen atoms in total. The largest absolute Gasteiger partial charge is 0.491 e. The van der Waals surface area contributed by atoms with E-state index in [0.717, 1.165) is 56.4 Å². The first-order valence-corrected chi connectivity index (χ1v) is 14.4. The van der Waals surface area contributed by atoms with Gasteiger partial charge in [-0.1, -0.05) is 80.1 Å². The Labute approximate surface area is 233 Å². The van der Waals surface area contributed by atoms with E-state index in [-0.39, 0.29) is 12.6 Å². The van der Waals surface area contributed by atoms with Crippen LogP contribution in [0, 0.1) is 0 Å². The molecule has 39 heavy (non-hydrogen) atoms. The summed E-state index contributed by atoms with van der Waals surface area (Å²) in [5.74, 6) is 0.773. The summed E-state index contributed by atoms with van der Waals surface area (Å²) in [6.07, 6.45) is 5.60. The third kappa shape index (κ3) is 9.41. The topological polar surface area (TPSA) is 73.8 Å². The Morgan fingerprint density at radius 1 is 1.00 bits per heavy atom. The quantitative estimate of drug-likeness (QED) is 0.203. The second-order valence-electron chi connectivity index (χ2n) is 10.5. The van der Waals surface area contributed by atoms with Crippen LogP contribution in [0.4, 0.5) is 4.79 Å². The Kier molecular flexibility index (Phi) is 11.2. The van der Waals surface area contributed by atoms with E-state index in [2.05, 4.69) is 64.9 Å². The first-order valence-electron chi connectivity index (χ1n) is 14.4. The number of para-hydroxylation sites is 1. The zero-order chi connectivity index (χ0) is 27.3. The molecule has 208 valence electrons. The molecule has 0 fully saturated rings. The molecule has 0 saturated heterocycles. The van der Waals surface area contributed by atoms with Gasteiger partial charge in [0.2, 0.25) is 0 Å². The molecule has 0 saturated carbocycles. The highest BCUT2D eigenvalue weighted by Gasteiger charge is 2.25. The predicted molar refractivity (Wildman–Crippen MR) is 157 cm³/mol. The SMILES string of the molecule is CCCCNC(=O)NCc1ccc2c(c1)CC(N(Cc1ccccc1)CC(O)COc1ccccc1)CCC2. The van der Waals surface area contributed by atoms with E-state index in [1.807, 2.05) is 36.4 Å². The van der Waals surface area contributed by atoms with Crippen molar-refractivity contribution in [2.45, 2.75) is 70.7 Å². The number of urea groups is 1. The first kappa shape index (κ1) is 28.7. The fourth-order valence-electron chi connectivity index (χ4n) is 5.24. The van der Waals surface area contributed by atoms with Crippen molar-refractivity contribution in [3.8, 4) is 5.75 Å². The average molecular weight is 530 g/mol. The standard InChI is InChI=1S/C33H43N3O3/c1-2-3-19-34-33(38)35-22-27-17-18-28-13-10-14-30(21-29(28)20-27)36(23-26-11-6-4-7-12-26)24-31(37)25-39-32-15-8-5-9-16-32/h4-9,11-12,15-18,20,30-31,37H,2-3,10,13-14,19,21-25H2,1H3,(H2,34,35,38). The maximum atomic E-state index is 12.1. The van der Waals surface area contributed by atoms with Crippen LogP contribution < -0.4 is 15.4 Å². The molecule has 2 amide bonds. The Morgan fingerprint density at radius 3 is 2.54 bits per heavy atom. The number of hydrogen-bond donors (Lipinski definition) is 3. The summed E-state index contributed by atoms with van der Waals surface area (Å²) < 4.78 is 5.86. The van der Waals surface area contributed by atoms with Crippen molar-refractivity contribution in [3.05, 3.63) is 101 Å². The van der Waals surface area contributed by atoms with Gasteiger partial charge < -0.3 is 20.5 Å². The van der Waals surface area contributed by atoms with E-state index in [1.54, 1.807) is 0 Å². The van der Waals surface area contributed by atoms with Gasteiger partial charge >= 0.3 is 6.03 Å². The molecular formula is C33H43N3O3. The monoisotopic (exact) mass is 529 g/mol. The molecule has 3 aromatic rings. The number of carbonyl (C=O) groups is 1. The smallest absolute Gasteiger partial charge is 0.315 e.